The highest BCUT2D eigenvalue weighted by atomic mass is 35.5. The van der Waals surface area contributed by atoms with Gasteiger partial charge in [-0.3, -0.25) is 0 Å². The van der Waals surface area contributed by atoms with E-state index < -0.39 is 0 Å². The highest BCUT2D eigenvalue weighted by Gasteiger charge is 2.38. The van der Waals surface area contributed by atoms with Crippen LogP contribution in [-0.4, -0.2) is 16.7 Å². The van der Waals surface area contributed by atoms with E-state index in [1.54, 1.807) is 0 Å². The van der Waals surface area contributed by atoms with Crippen molar-refractivity contribution >= 4 is 11.6 Å². The minimum atomic E-state index is 0.182. The van der Waals surface area contributed by atoms with Gasteiger partial charge in [0.05, 0.1) is 0 Å². The summed E-state index contributed by atoms with van der Waals surface area (Å²) in [4.78, 5) is 4.04. The Hall–Kier alpha value is -1.39. The standard InChI is InChI=1S/C15H18ClN3O/c1-15(2)8-10-3-4-11(16)7-12(10)14(15)17-6-5-13-18-9-19-20-13/h3-4,7,9,14,17H,5-6,8H2,1-2H3. The number of hydrogen-bond donors (Lipinski definition) is 1. The molecule has 1 aromatic carbocycles. The maximum atomic E-state index is 6.14. The van der Waals surface area contributed by atoms with Crippen molar-refractivity contribution in [3.05, 3.63) is 46.6 Å². The van der Waals surface area contributed by atoms with Crippen LogP contribution in [0.15, 0.2) is 29.0 Å². The molecule has 0 amide bonds. The Kier molecular flexibility index (Phi) is 3.52. The van der Waals surface area contributed by atoms with Gasteiger partial charge >= 0.3 is 0 Å². The van der Waals surface area contributed by atoms with Crippen molar-refractivity contribution in [2.75, 3.05) is 6.54 Å². The fraction of sp³-hybridized carbons (Fsp3) is 0.467. The van der Waals surface area contributed by atoms with Crippen LogP contribution < -0.4 is 5.32 Å². The van der Waals surface area contributed by atoms with E-state index in [0.717, 1.165) is 24.4 Å². The molecule has 4 nitrogen and oxygen atoms in total. The van der Waals surface area contributed by atoms with E-state index in [1.807, 2.05) is 6.07 Å². The molecule has 1 aromatic heterocycles. The van der Waals surface area contributed by atoms with Gasteiger partial charge < -0.3 is 9.84 Å². The number of rotatable bonds is 4. The number of fused-ring (bicyclic) bond motifs is 1. The molecule has 5 heteroatoms. The first-order valence-corrected chi connectivity index (χ1v) is 7.21. The Morgan fingerprint density at radius 1 is 1.45 bits per heavy atom. The molecule has 0 fully saturated rings. The minimum Gasteiger partial charge on any atom is -0.340 e. The van der Waals surface area contributed by atoms with Gasteiger partial charge in [0.2, 0.25) is 5.89 Å². The molecular formula is C15H18ClN3O. The van der Waals surface area contributed by atoms with Gasteiger partial charge in [-0.05, 0) is 35.1 Å². The topological polar surface area (TPSA) is 51.0 Å². The number of halogens is 1. The van der Waals surface area contributed by atoms with Crippen molar-refractivity contribution in [3.63, 3.8) is 0 Å². The average molecular weight is 292 g/mol. The van der Waals surface area contributed by atoms with Gasteiger partial charge in [-0.15, -0.1) is 0 Å². The van der Waals surface area contributed by atoms with Crippen LogP contribution in [0.25, 0.3) is 0 Å². The molecule has 1 N–H and O–H groups in total. The zero-order chi connectivity index (χ0) is 14.2. The van der Waals surface area contributed by atoms with E-state index in [9.17, 15) is 0 Å². The molecule has 2 aromatic rings. The third-order valence-corrected chi connectivity index (χ3v) is 4.18. The molecule has 0 saturated carbocycles. The van der Waals surface area contributed by atoms with Crippen LogP contribution in [0, 0.1) is 5.41 Å². The summed E-state index contributed by atoms with van der Waals surface area (Å²) in [6.07, 6.45) is 3.24. The predicted octanol–water partition coefficient (Wildman–Crippen LogP) is 3.18. The van der Waals surface area contributed by atoms with Crippen LogP contribution in [0.5, 0.6) is 0 Å². The Balaban J connectivity index is 1.73. The van der Waals surface area contributed by atoms with Crippen LogP contribution in [0.4, 0.5) is 0 Å². The van der Waals surface area contributed by atoms with Crippen molar-refractivity contribution < 1.29 is 4.52 Å². The zero-order valence-corrected chi connectivity index (χ0v) is 12.4. The molecule has 3 rings (SSSR count). The molecule has 0 aliphatic heterocycles. The summed E-state index contributed by atoms with van der Waals surface area (Å²) in [5, 5.41) is 8.02. The lowest BCUT2D eigenvalue weighted by Crippen LogP contribution is -2.32. The van der Waals surface area contributed by atoms with Crippen molar-refractivity contribution in [2.45, 2.75) is 32.7 Å². The fourth-order valence-corrected chi connectivity index (χ4v) is 3.21. The van der Waals surface area contributed by atoms with Gasteiger partial charge in [0.1, 0.15) is 0 Å². The van der Waals surface area contributed by atoms with Crippen LogP contribution in [0.3, 0.4) is 0 Å². The summed E-state index contributed by atoms with van der Waals surface area (Å²) in [6, 6.07) is 6.49. The van der Waals surface area contributed by atoms with Gasteiger partial charge in [-0.1, -0.05) is 36.7 Å². The number of benzene rings is 1. The average Bonchev–Trinajstić information content (AvgIpc) is 2.97. The summed E-state index contributed by atoms with van der Waals surface area (Å²) in [5.41, 5.74) is 2.88. The van der Waals surface area contributed by atoms with E-state index in [2.05, 4.69) is 41.4 Å². The Bertz CT molecular complexity index is 595. The second-order valence-corrected chi connectivity index (χ2v) is 6.42. The fourth-order valence-electron chi connectivity index (χ4n) is 3.03. The molecule has 0 bridgehead atoms. The van der Waals surface area contributed by atoms with Crippen molar-refractivity contribution in [1.82, 2.24) is 15.5 Å². The zero-order valence-electron chi connectivity index (χ0n) is 11.7. The van der Waals surface area contributed by atoms with Gasteiger partial charge in [0.15, 0.2) is 6.33 Å². The molecule has 0 saturated heterocycles. The molecule has 1 unspecified atom stereocenters. The third-order valence-electron chi connectivity index (χ3n) is 3.94. The third kappa shape index (κ3) is 2.58. The molecule has 20 heavy (non-hydrogen) atoms. The van der Waals surface area contributed by atoms with E-state index in [4.69, 9.17) is 16.1 Å². The summed E-state index contributed by atoms with van der Waals surface area (Å²) in [6.45, 7) is 5.37. The molecule has 1 heterocycles. The molecule has 0 radical (unpaired) electrons. The summed E-state index contributed by atoms with van der Waals surface area (Å²) < 4.78 is 5.02. The van der Waals surface area contributed by atoms with Gasteiger partial charge in [-0.25, -0.2) is 0 Å². The lowest BCUT2D eigenvalue weighted by Gasteiger charge is -2.28. The van der Waals surface area contributed by atoms with Gasteiger partial charge in [-0.2, -0.15) is 4.98 Å². The smallest absolute Gasteiger partial charge is 0.227 e. The van der Waals surface area contributed by atoms with Crippen LogP contribution in [-0.2, 0) is 12.8 Å². The Morgan fingerprint density at radius 3 is 3.05 bits per heavy atom. The largest absolute Gasteiger partial charge is 0.340 e. The molecule has 1 aliphatic rings. The highest BCUT2D eigenvalue weighted by molar-refractivity contribution is 6.30. The van der Waals surface area contributed by atoms with E-state index >= 15 is 0 Å². The lowest BCUT2D eigenvalue weighted by atomic mass is 9.85. The highest BCUT2D eigenvalue weighted by Crippen LogP contribution is 2.45. The molecule has 1 atom stereocenters. The maximum Gasteiger partial charge on any atom is 0.227 e. The Morgan fingerprint density at radius 2 is 2.30 bits per heavy atom. The number of nitrogens with one attached hydrogen (secondary N) is 1. The molecular weight excluding hydrogens is 274 g/mol. The lowest BCUT2D eigenvalue weighted by molar-refractivity contribution is 0.267. The maximum absolute atomic E-state index is 6.14. The molecule has 106 valence electrons. The summed E-state index contributed by atoms with van der Waals surface area (Å²) in [7, 11) is 0. The van der Waals surface area contributed by atoms with Gasteiger partial charge in [0, 0.05) is 24.0 Å². The van der Waals surface area contributed by atoms with Crippen LogP contribution in [0.2, 0.25) is 5.02 Å². The van der Waals surface area contributed by atoms with E-state index in [1.165, 1.54) is 17.5 Å². The van der Waals surface area contributed by atoms with E-state index in [-0.39, 0.29) is 5.41 Å². The summed E-state index contributed by atoms with van der Waals surface area (Å²) in [5.74, 6) is 0.666. The first-order chi connectivity index (χ1) is 9.56. The minimum absolute atomic E-state index is 0.182. The second kappa shape index (κ2) is 5.19. The number of hydrogen-bond acceptors (Lipinski definition) is 4. The monoisotopic (exact) mass is 291 g/mol. The van der Waals surface area contributed by atoms with Gasteiger partial charge in [0.25, 0.3) is 0 Å². The van der Waals surface area contributed by atoms with E-state index in [0.29, 0.717) is 11.9 Å². The SMILES string of the molecule is CC1(C)Cc2ccc(Cl)cc2C1NCCc1ncno1. The number of nitrogens with zero attached hydrogens (tertiary/aromatic N) is 2. The predicted molar refractivity (Wildman–Crippen MR) is 77.7 cm³/mol. The van der Waals surface area contributed by atoms with Crippen molar-refractivity contribution in [2.24, 2.45) is 5.41 Å². The Labute approximate surface area is 123 Å². The first-order valence-electron chi connectivity index (χ1n) is 6.83. The van der Waals surface area contributed by atoms with Crippen LogP contribution in [0.1, 0.15) is 36.9 Å². The van der Waals surface area contributed by atoms with Crippen molar-refractivity contribution in [3.8, 4) is 0 Å². The summed E-state index contributed by atoms with van der Waals surface area (Å²) >= 11 is 6.14. The first kappa shape index (κ1) is 13.6. The van der Waals surface area contributed by atoms with Crippen molar-refractivity contribution in [1.29, 1.82) is 0 Å². The normalized spacial score (nSPS) is 20.1. The number of aromatic nitrogens is 2. The quantitative estimate of drug-likeness (QED) is 0.940. The molecule has 1 aliphatic carbocycles. The van der Waals surface area contributed by atoms with Crippen LogP contribution >= 0.6 is 11.6 Å². The second-order valence-electron chi connectivity index (χ2n) is 5.98. The molecule has 0 spiro atoms.